The van der Waals surface area contributed by atoms with Crippen molar-refractivity contribution in [1.82, 2.24) is 18.9 Å². The zero-order chi connectivity index (χ0) is 29.4. The number of halogens is 2. The van der Waals surface area contributed by atoms with Gasteiger partial charge in [-0.25, -0.2) is 36.1 Å². The minimum atomic E-state index is -4.16. The third-order valence-corrected chi connectivity index (χ3v) is 9.07. The van der Waals surface area contributed by atoms with Crippen LogP contribution in [0.1, 0.15) is 26.3 Å². The summed E-state index contributed by atoms with van der Waals surface area (Å²) in [6, 6.07) is 6.60. The van der Waals surface area contributed by atoms with E-state index < -0.39 is 55.6 Å². The van der Waals surface area contributed by atoms with Crippen LogP contribution < -0.4 is 5.32 Å². The Kier molecular flexibility index (Phi) is 8.04. The lowest BCUT2D eigenvalue weighted by Crippen LogP contribution is -2.40. The van der Waals surface area contributed by atoms with Crippen molar-refractivity contribution in [3.8, 4) is 11.4 Å². The quantitative estimate of drug-likeness (QED) is 0.295. The Balaban J connectivity index is 1.81. The van der Waals surface area contributed by atoms with Crippen LogP contribution in [0.15, 0.2) is 53.8 Å². The highest BCUT2D eigenvalue weighted by molar-refractivity contribution is 7.90. The first-order valence-electron chi connectivity index (χ1n) is 12.0. The summed E-state index contributed by atoms with van der Waals surface area (Å²) in [7, 11) is -5.90. The molecule has 212 valence electrons. The topological polar surface area (TPSA) is 144 Å². The van der Waals surface area contributed by atoms with Crippen molar-refractivity contribution >= 4 is 43.6 Å². The molecule has 0 spiro atoms. The lowest BCUT2D eigenvalue weighted by Gasteiger charge is -2.31. The maximum Gasteiger partial charge on any atom is 0.316 e. The van der Waals surface area contributed by atoms with E-state index in [2.05, 4.69) is 20.3 Å². The molecule has 2 atom stereocenters. The van der Waals surface area contributed by atoms with Gasteiger partial charge in [-0.1, -0.05) is 38.5 Å². The maximum absolute atomic E-state index is 14.9. The van der Waals surface area contributed by atoms with Gasteiger partial charge < -0.3 is 10.4 Å². The second kappa shape index (κ2) is 11.0. The molecule has 40 heavy (non-hydrogen) atoms. The second-order valence-electron chi connectivity index (χ2n) is 10.3. The third-order valence-electron chi connectivity index (χ3n) is 6.13. The number of pyridine rings is 1. The van der Waals surface area contributed by atoms with Gasteiger partial charge in [-0.3, -0.25) is 9.00 Å². The Morgan fingerprint density at radius 2 is 1.82 bits per heavy atom. The highest BCUT2D eigenvalue weighted by Crippen LogP contribution is 2.32. The van der Waals surface area contributed by atoms with Crippen LogP contribution in [0.5, 0.6) is 0 Å². The lowest BCUT2D eigenvalue weighted by molar-refractivity contribution is -0.133. The first-order chi connectivity index (χ1) is 18.7. The van der Waals surface area contributed by atoms with Crippen LogP contribution in [-0.2, 0) is 25.6 Å². The van der Waals surface area contributed by atoms with Gasteiger partial charge in [0.05, 0.1) is 17.3 Å². The van der Waals surface area contributed by atoms with Gasteiger partial charge in [-0.05, 0) is 30.5 Å². The van der Waals surface area contributed by atoms with Gasteiger partial charge in [0.2, 0.25) is 0 Å². The van der Waals surface area contributed by atoms with Gasteiger partial charge in [0, 0.05) is 39.7 Å². The monoisotopic (exact) mass is 591 g/mol. The van der Waals surface area contributed by atoms with Crippen LogP contribution >= 0.6 is 0 Å². The number of aliphatic carboxylic acids is 1. The van der Waals surface area contributed by atoms with E-state index in [9.17, 15) is 26.2 Å². The van der Waals surface area contributed by atoms with E-state index in [1.165, 1.54) is 18.3 Å². The number of nitrogens with one attached hydrogen (secondary N) is 1. The number of carbonyl (C=O) groups is 1. The molecule has 0 amide bonds. The Morgan fingerprint density at radius 1 is 1.15 bits per heavy atom. The molecule has 0 radical (unpaired) electrons. The van der Waals surface area contributed by atoms with Gasteiger partial charge >= 0.3 is 5.97 Å². The highest BCUT2D eigenvalue weighted by Gasteiger charge is 2.29. The van der Waals surface area contributed by atoms with Crippen molar-refractivity contribution in [2.75, 3.05) is 16.8 Å². The van der Waals surface area contributed by atoms with E-state index >= 15 is 0 Å². The van der Waals surface area contributed by atoms with Crippen LogP contribution in [0.3, 0.4) is 0 Å². The fourth-order valence-electron chi connectivity index (χ4n) is 3.89. The van der Waals surface area contributed by atoms with E-state index in [1.807, 2.05) is 6.92 Å². The van der Waals surface area contributed by atoms with Crippen LogP contribution in [0.2, 0.25) is 0 Å². The number of nitrogens with zero attached hydrogens (tertiary/aromatic N) is 4. The molecule has 0 saturated heterocycles. The summed E-state index contributed by atoms with van der Waals surface area (Å²) >= 11 is 0. The van der Waals surface area contributed by atoms with Crippen LogP contribution in [-0.4, -0.2) is 60.2 Å². The second-order valence-corrected chi connectivity index (χ2v) is 13.6. The van der Waals surface area contributed by atoms with E-state index in [-0.39, 0.29) is 38.9 Å². The van der Waals surface area contributed by atoms with Gasteiger partial charge in [0.25, 0.3) is 10.0 Å². The lowest BCUT2D eigenvalue weighted by atomic mass is 9.88. The van der Waals surface area contributed by atoms with Crippen molar-refractivity contribution < 1.29 is 31.3 Å². The van der Waals surface area contributed by atoms with Crippen molar-refractivity contribution in [1.29, 1.82) is 0 Å². The number of hydrogen-bond donors (Lipinski definition) is 2. The Bertz CT molecular complexity index is 1720. The van der Waals surface area contributed by atoms with Gasteiger partial charge in [-0.2, -0.15) is 0 Å². The van der Waals surface area contributed by atoms with Crippen molar-refractivity contribution in [3.63, 3.8) is 0 Å². The predicted molar refractivity (Wildman–Crippen MR) is 147 cm³/mol. The molecule has 0 saturated carbocycles. The van der Waals surface area contributed by atoms with Crippen LogP contribution in [0.25, 0.3) is 22.4 Å². The number of benzene rings is 1. The molecule has 4 aromatic rings. The summed E-state index contributed by atoms with van der Waals surface area (Å²) < 4.78 is 69.4. The molecule has 0 bridgehead atoms. The standard InChI is InChI=1S/C26H27F2N5O5S2/c1-15-5-7-17(8-6-15)40(37,38)33-12-19(18-9-16(27)10-30-25(18)33)23-29-11-20(28)24(32-23)31-21(26(2,3)4)13-39(36)14-22(34)35/h5-12,21H,13-14H2,1-4H3,(H,34,35)(H,29,31,32)/t21-,39?/m0/s1. The van der Waals surface area contributed by atoms with Crippen molar-refractivity contribution in [2.45, 2.75) is 38.6 Å². The predicted octanol–water partition coefficient (Wildman–Crippen LogP) is 3.98. The molecule has 3 heterocycles. The first kappa shape index (κ1) is 29.2. The summed E-state index contributed by atoms with van der Waals surface area (Å²) in [5, 5.41) is 12.0. The average molecular weight is 592 g/mol. The molecular weight excluding hydrogens is 564 g/mol. The molecule has 1 unspecified atom stereocenters. The zero-order valence-electron chi connectivity index (χ0n) is 22.1. The van der Waals surface area contributed by atoms with Crippen LogP contribution in [0.4, 0.5) is 14.6 Å². The van der Waals surface area contributed by atoms with E-state index in [0.717, 1.165) is 28.0 Å². The zero-order valence-corrected chi connectivity index (χ0v) is 23.7. The average Bonchev–Trinajstić information content (AvgIpc) is 3.23. The summed E-state index contributed by atoms with van der Waals surface area (Å²) in [6.45, 7) is 7.23. The van der Waals surface area contributed by atoms with E-state index in [1.54, 1.807) is 32.9 Å². The Labute approximate surface area is 232 Å². The molecule has 14 heteroatoms. The van der Waals surface area contributed by atoms with Crippen molar-refractivity contribution in [3.05, 3.63) is 66.1 Å². The molecular formula is C26H27F2N5O5S2. The fraction of sp³-hybridized carbons (Fsp3) is 0.308. The first-order valence-corrected chi connectivity index (χ1v) is 14.9. The number of anilines is 1. The smallest absolute Gasteiger partial charge is 0.316 e. The SMILES string of the molecule is Cc1ccc(S(=O)(=O)n2cc(-c3ncc(F)c(N[C@@H](CS(=O)CC(=O)O)C(C)(C)C)n3)c3cc(F)cnc32)cc1. The molecule has 0 aliphatic rings. The molecule has 3 aromatic heterocycles. The molecule has 4 rings (SSSR count). The molecule has 0 aliphatic carbocycles. The van der Waals surface area contributed by atoms with E-state index in [0.29, 0.717) is 0 Å². The molecule has 2 N–H and O–H groups in total. The molecule has 10 nitrogen and oxygen atoms in total. The van der Waals surface area contributed by atoms with Gasteiger partial charge in [0.1, 0.15) is 11.6 Å². The third kappa shape index (κ3) is 6.17. The number of carboxylic acid groups (broad SMARTS) is 1. The molecule has 0 fully saturated rings. The summed E-state index contributed by atoms with van der Waals surface area (Å²) in [4.78, 5) is 23.2. The summed E-state index contributed by atoms with van der Waals surface area (Å²) in [6.07, 6.45) is 2.96. The molecule has 0 aliphatic heterocycles. The molecule has 1 aromatic carbocycles. The number of carboxylic acids is 1. The number of rotatable bonds is 9. The number of aryl methyl sites for hydroxylation is 1. The van der Waals surface area contributed by atoms with Crippen LogP contribution in [0, 0.1) is 24.0 Å². The van der Waals surface area contributed by atoms with Gasteiger partial charge in [0.15, 0.2) is 23.1 Å². The van der Waals surface area contributed by atoms with Gasteiger partial charge in [-0.15, -0.1) is 0 Å². The number of fused-ring (bicyclic) bond motifs is 1. The number of hydrogen-bond acceptors (Lipinski definition) is 8. The fourth-order valence-corrected chi connectivity index (χ4v) is 6.57. The Hall–Kier alpha value is -3.78. The highest BCUT2D eigenvalue weighted by atomic mass is 32.2. The largest absolute Gasteiger partial charge is 0.481 e. The van der Waals surface area contributed by atoms with Crippen molar-refractivity contribution in [2.24, 2.45) is 5.41 Å². The Morgan fingerprint density at radius 3 is 2.45 bits per heavy atom. The summed E-state index contributed by atoms with van der Waals surface area (Å²) in [5.41, 5.74) is 0.285. The maximum atomic E-state index is 14.9. The minimum Gasteiger partial charge on any atom is -0.481 e. The summed E-state index contributed by atoms with van der Waals surface area (Å²) in [5.74, 6) is -3.85. The normalized spacial score (nSPS) is 13.8. The minimum absolute atomic E-state index is 0.0163. The van der Waals surface area contributed by atoms with E-state index in [4.69, 9.17) is 5.11 Å². The number of aromatic nitrogens is 4.